The minimum absolute atomic E-state index is 1.10. The Morgan fingerprint density at radius 3 is 0.643 bits per heavy atom. The second-order valence-corrected chi connectivity index (χ2v) is 31.5. The highest BCUT2D eigenvalue weighted by Gasteiger charge is 2.59. The van der Waals surface area contributed by atoms with Crippen LogP contribution in [-0.2, 0) is 0 Å². The summed E-state index contributed by atoms with van der Waals surface area (Å²) < 4.78 is 0. The minimum Gasteiger partial charge on any atom is -0.0530 e. The first-order valence-corrected chi connectivity index (χ1v) is 34.7. The fourth-order valence-electron chi connectivity index (χ4n) is 27.4. The average Bonchev–Trinajstić information content (AvgIpc) is 3.43. The second kappa shape index (κ2) is 21.4. The molecule has 22 unspecified atom stereocenters. The van der Waals surface area contributed by atoms with Gasteiger partial charge in [-0.15, -0.1) is 0 Å². The van der Waals surface area contributed by atoms with Crippen LogP contribution in [0.3, 0.4) is 0 Å². The molecule has 0 aromatic carbocycles. The predicted octanol–water partition coefficient (Wildman–Crippen LogP) is 20.4. The van der Waals surface area contributed by atoms with Gasteiger partial charge in [-0.2, -0.15) is 0 Å². The Hall–Kier alpha value is 0. The third-order valence-corrected chi connectivity index (χ3v) is 29.2. The molecule has 0 heterocycles. The largest absolute Gasteiger partial charge is 0.0530 e. The van der Waals surface area contributed by atoms with Crippen molar-refractivity contribution in [3.05, 3.63) is 0 Å². The van der Waals surface area contributed by atoms with E-state index in [2.05, 4.69) is 0 Å². The van der Waals surface area contributed by atoms with Crippen LogP contribution in [0.15, 0.2) is 0 Å². The van der Waals surface area contributed by atoms with Crippen LogP contribution in [0.5, 0.6) is 0 Å². The van der Waals surface area contributed by atoms with Crippen molar-refractivity contribution in [2.24, 2.45) is 154 Å². The predicted molar refractivity (Wildman–Crippen MR) is 294 cm³/mol. The summed E-state index contributed by atoms with van der Waals surface area (Å²) >= 11 is 0. The summed E-state index contributed by atoms with van der Waals surface area (Å²) in [5.74, 6) is 29.0. The van der Waals surface area contributed by atoms with Gasteiger partial charge in [-0.3, -0.25) is 0 Å². The van der Waals surface area contributed by atoms with Gasteiger partial charge in [-0.05, 0) is 276 Å². The van der Waals surface area contributed by atoms with E-state index in [0.717, 1.165) is 154 Å². The van der Waals surface area contributed by atoms with Gasteiger partial charge in [0.25, 0.3) is 0 Å². The molecule has 0 amide bonds. The van der Waals surface area contributed by atoms with Crippen molar-refractivity contribution < 1.29 is 0 Å². The normalized spacial score (nSPS) is 55.2. The maximum absolute atomic E-state index is 1.73. The van der Waals surface area contributed by atoms with Crippen molar-refractivity contribution in [3.63, 3.8) is 0 Å². The fraction of sp³-hybridized carbons (Fsp3) is 1.00. The van der Waals surface area contributed by atoms with Crippen LogP contribution in [-0.4, -0.2) is 0 Å². The van der Waals surface area contributed by atoms with Crippen LogP contribution < -0.4 is 0 Å². The third-order valence-electron chi connectivity index (χ3n) is 29.2. The highest BCUT2D eigenvalue weighted by Crippen LogP contribution is 2.67. The Morgan fingerprint density at radius 2 is 0.300 bits per heavy atom. The molecule has 14 fully saturated rings. The van der Waals surface area contributed by atoms with Crippen molar-refractivity contribution >= 4 is 0 Å². The molecule has 0 aromatic heterocycles. The first kappa shape index (κ1) is 48.4. The van der Waals surface area contributed by atoms with Gasteiger partial charge in [0.05, 0.1) is 0 Å². The van der Waals surface area contributed by atoms with Crippen molar-refractivity contribution in [1.82, 2.24) is 0 Å². The number of hydrogen-bond acceptors (Lipinski definition) is 0. The summed E-state index contributed by atoms with van der Waals surface area (Å²) in [6.45, 7) is 0. The lowest BCUT2D eigenvalue weighted by molar-refractivity contribution is -0.139. The van der Waals surface area contributed by atoms with Crippen molar-refractivity contribution in [2.45, 2.75) is 283 Å². The first-order chi connectivity index (χ1) is 34.7. The Morgan fingerprint density at radius 1 is 0.114 bits per heavy atom. The van der Waals surface area contributed by atoms with E-state index in [9.17, 15) is 0 Å². The van der Waals surface area contributed by atoms with Crippen LogP contribution in [0.1, 0.15) is 283 Å². The van der Waals surface area contributed by atoms with E-state index in [-0.39, 0.29) is 0 Å². The molecule has 0 aliphatic heterocycles. The molecule has 22 atom stereocenters. The molecule has 0 heteroatoms. The highest BCUT2D eigenvalue weighted by molar-refractivity contribution is 5.09. The van der Waals surface area contributed by atoms with E-state index in [1.807, 2.05) is 0 Å². The van der Waals surface area contributed by atoms with E-state index in [1.54, 1.807) is 283 Å². The van der Waals surface area contributed by atoms with Gasteiger partial charge in [0, 0.05) is 0 Å². The first-order valence-electron chi connectivity index (χ1n) is 34.7. The number of fused-ring (bicyclic) bond motifs is 7. The molecule has 0 spiro atoms. The Labute approximate surface area is 434 Å². The van der Waals surface area contributed by atoms with E-state index in [4.69, 9.17) is 0 Å². The van der Waals surface area contributed by atoms with Crippen molar-refractivity contribution in [1.29, 1.82) is 0 Å². The molecule has 0 bridgehead atoms. The molecular weight excluding hydrogens is 841 g/mol. The summed E-state index contributed by atoms with van der Waals surface area (Å²) in [4.78, 5) is 0. The molecule has 0 radical (unpaired) electrons. The molecule has 394 valence electrons. The van der Waals surface area contributed by atoms with Gasteiger partial charge in [-0.25, -0.2) is 0 Å². The van der Waals surface area contributed by atoms with Crippen molar-refractivity contribution in [3.8, 4) is 0 Å². The Bertz CT molecular complexity index is 1600. The minimum atomic E-state index is 1.10. The topological polar surface area (TPSA) is 0 Å². The van der Waals surface area contributed by atoms with E-state index < -0.39 is 0 Å². The summed E-state index contributed by atoms with van der Waals surface area (Å²) in [7, 11) is 0. The van der Waals surface area contributed by atoms with E-state index in [0.29, 0.717) is 0 Å². The third kappa shape index (κ3) is 9.11. The fourth-order valence-corrected chi connectivity index (χ4v) is 27.4. The van der Waals surface area contributed by atoms with Crippen molar-refractivity contribution in [2.75, 3.05) is 0 Å². The highest BCUT2D eigenvalue weighted by atomic mass is 14.6. The van der Waals surface area contributed by atoms with Crippen LogP contribution in [0, 0.1) is 154 Å². The lowest BCUT2D eigenvalue weighted by Crippen LogP contribution is -2.56. The molecule has 0 saturated heterocycles. The molecule has 0 aromatic rings. The SMILES string of the molecule is C1CCC2C(C1)CCCC2C1CC(C2CCCC3CCCCC32)CC(C2C3CCCCC3C(C3CC(C4CCCC5CCCCC54)CC(C4C5CCCCC5CC5CCCCC54)C3)C3CCCCC32)C1. The zero-order chi connectivity index (χ0) is 46.1. The van der Waals surface area contributed by atoms with E-state index in [1.165, 1.54) is 0 Å². The quantitative estimate of drug-likeness (QED) is 0.249. The molecule has 14 rings (SSSR count). The summed E-state index contributed by atoms with van der Waals surface area (Å²) in [6, 6.07) is 0. The molecule has 14 saturated carbocycles. The monoisotopic (exact) mass is 955 g/mol. The molecule has 14 aliphatic carbocycles. The van der Waals surface area contributed by atoms with E-state index >= 15 is 0 Å². The van der Waals surface area contributed by atoms with Crippen LogP contribution >= 0.6 is 0 Å². The molecule has 70 heavy (non-hydrogen) atoms. The number of hydrogen-bond donors (Lipinski definition) is 0. The molecule has 0 nitrogen and oxygen atoms in total. The maximum Gasteiger partial charge on any atom is -0.0323 e. The lowest BCUT2D eigenvalue weighted by atomic mass is 9.42. The van der Waals surface area contributed by atoms with Gasteiger partial charge in [-0.1, -0.05) is 161 Å². The zero-order valence-corrected chi connectivity index (χ0v) is 46.1. The molecule has 14 aliphatic rings. The lowest BCUT2D eigenvalue weighted by Gasteiger charge is -2.63. The zero-order valence-electron chi connectivity index (χ0n) is 46.1. The summed E-state index contributed by atoms with van der Waals surface area (Å²) in [6.07, 6.45) is 71.7. The molecule has 0 N–H and O–H groups in total. The standard InChI is InChI=1S/C70H114/c1-6-26-56-45(18-1)23-15-35-59(56)50-39-51(60-36-16-24-46-19-2-7-27-57(46)60)41-53(40-50)69-64-31-11-13-33-66(64)70(67-34-14-12-32-65(67)69)55-43-52(61-37-17-25-47-20-3-8-28-58(47)61)42-54(44-55)68-62-29-9-4-21-48(62)38-49-22-5-10-30-63(49)68/h45-70H,1-44H2. The average molecular weight is 956 g/mol. The van der Waals surface area contributed by atoms with Crippen LogP contribution in [0.2, 0.25) is 0 Å². The maximum atomic E-state index is 1.73. The van der Waals surface area contributed by atoms with Crippen LogP contribution in [0.4, 0.5) is 0 Å². The van der Waals surface area contributed by atoms with Gasteiger partial charge >= 0.3 is 0 Å². The smallest absolute Gasteiger partial charge is 0.0323 e. The summed E-state index contributed by atoms with van der Waals surface area (Å²) in [5.41, 5.74) is 0. The van der Waals surface area contributed by atoms with Gasteiger partial charge < -0.3 is 0 Å². The Balaban J connectivity index is 0.809. The van der Waals surface area contributed by atoms with Crippen LogP contribution in [0.25, 0.3) is 0 Å². The van der Waals surface area contributed by atoms with Gasteiger partial charge in [0.1, 0.15) is 0 Å². The van der Waals surface area contributed by atoms with Gasteiger partial charge in [0.15, 0.2) is 0 Å². The number of rotatable bonds is 6. The Kier molecular flexibility index (Phi) is 14.8. The molecular formula is C70H114. The van der Waals surface area contributed by atoms with Gasteiger partial charge in [0.2, 0.25) is 0 Å². The second-order valence-electron chi connectivity index (χ2n) is 31.5. The summed E-state index contributed by atoms with van der Waals surface area (Å²) in [5, 5.41) is 0.